The SMILES string of the molecule is O=C(CN1CCN(C(=O)c2ccccn2)CC1)NCc1ccc(F)cc1C(F)(F)F. The molecule has 0 radical (unpaired) electrons. The smallest absolute Gasteiger partial charge is 0.351 e. The lowest BCUT2D eigenvalue weighted by Crippen LogP contribution is -2.51. The molecule has 0 atom stereocenters. The van der Waals surface area contributed by atoms with Crippen LogP contribution < -0.4 is 5.32 Å². The molecule has 1 N–H and O–H groups in total. The average molecular weight is 424 g/mol. The predicted molar refractivity (Wildman–Crippen MR) is 99.8 cm³/mol. The number of carbonyl (C=O) groups excluding carboxylic acids is 2. The minimum atomic E-state index is -4.71. The van der Waals surface area contributed by atoms with E-state index in [4.69, 9.17) is 0 Å². The van der Waals surface area contributed by atoms with Crippen molar-refractivity contribution in [1.82, 2.24) is 20.1 Å². The van der Waals surface area contributed by atoms with E-state index in [0.717, 1.165) is 12.1 Å². The lowest BCUT2D eigenvalue weighted by molar-refractivity contribution is -0.138. The molecule has 3 rings (SSSR count). The van der Waals surface area contributed by atoms with Gasteiger partial charge in [0.25, 0.3) is 5.91 Å². The van der Waals surface area contributed by atoms with Crippen molar-refractivity contribution in [3.63, 3.8) is 0 Å². The Kier molecular flexibility index (Phi) is 6.66. The Morgan fingerprint density at radius 3 is 2.43 bits per heavy atom. The maximum absolute atomic E-state index is 13.2. The zero-order valence-electron chi connectivity index (χ0n) is 16.0. The summed E-state index contributed by atoms with van der Waals surface area (Å²) < 4.78 is 52.2. The Balaban J connectivity index is 1.49. The number of nitrogens with zero attached hydrogens (tertiary/aromatic N) is 3. The average Bonchev–Trinajstić information content (AvgIpc) is 2.73. The molecule has 0 spiro atoms. The highest BCUT2D eigenvalue weighted by molar-refractivity contribution is 5.92. The summed E-state index contributed by atoms with van der Waals surface area (Å²) in [5, 5.41) is 2.44. The van der Waals surface area contributed by atoms with Crippen molar-refractivity contribution in [3.05, 3.63) is 65.2 Å². The second kappa shape index (κ2) is 9.21. The van der Waals surface area contributed by atoms with Crippen molar-refractivity contribution >= 4 is 11.8 Å². The van der Waals surface area contributed by atoms with E-state index in [1.165, 1.54) is 0 Å². The number of hydrogen-bond donors (Lipinski definition) is 1. The monoisotopic (exact) mass is 424 g/mol. The molecule has 1 aromatic carbocycles. The predicted octanol–water partition coefficient (Wildman–Crippen LogP) is 2.31. The maximum Gasteiger partial charge on any atom is 0.416 e. The van der Waals surface area contributed by atoms with Crippen LogP contribution in [0, 0.1) is 5.82 Å². The largest absolute Gasteiger partial charge is 0.416 e. The lowest BCUT2D eigenvalue weighted by atomic mass is 10.1. The van der Waals surface area contributed by atoms with Gasteiger partial charge in [0.05, 0.1) is 12.1 Å². The molecule has 10 heteroatoms. The van der Waals surface area contributed by atoms with E-state index >= 15 is 0 Å². The molecule has 0 saturated carbocycles. The molecule has 0 aliphatic carbocycles. The molecule has 1 aliphatic rings. The summed E-state index contributed by atoms with van der Waals surface area (Å²) >= 11 is 0. The Morgan fingerprint density at radius 1 is 1.07 bits per heavy atom. The molecule has 1 aliphatic heterocycles. The molecule has 1 fully saturated rings. The van der Waals surface area contributed by atoms with E-state index in [2.05, 4.69) is 10.3 Å². The molecule has 6 nitrogen and oxygen atoms in total. The summed E-state index contributed by atoms with van der Waals surface area (Å²) in [5.74, 6) is -1.62. The van der Waals surface area contributed by atoms with Crippen LogP contribution in [0.25, 0.3) is 0 Å². The van der Waals surface area contributed by atoms with E-state index in [0.29, 0.717) is 37.9 Å². The topological polar surface area (TPSA) is 65.5 Å². The van der Waals surface area contributed by atoms with Crippen molar-refractivity contribution in [2.75, 3.05) is 32.7 Å². The van der Waals surface area contributed by atoms with Gasteiger partial charge in [-0.1, -0.05) is 12.1 Å². The fourth-order valence-corrected chi connectivity index (χ4v) is 3.18. The van der Waals surface area contributed by atoms with Gasteiger partial charge in [0.1, 0.15) is 11.5 Å². The molecule has 2 heterocycles. The number of nitrogens with one attached hydrogen (secondary N) is 1. The van der Waals surface area contributed by atoms with Crippen LogP contribution in [0.15, 0.2) is 42.6 Å². The number of aromatic nitrogens is 1. The van der Waals surface area contributed by atoms with Crippen LogP contribution in [0.5, 0.6) is 0 Å². The van der Waals surface area contributed by atoms with Crippen LogP contribution in [-0.4, -0.2) is 59.3 Å². The standard InChI is InChI=1S/C20H20F4N4O2/c21-15-5-4-14(16(11-15)20(22,23)24)12-26-18(29)13-27-7-9-28(10-8-27)19(30)17-3-1-2-6-25-17/h1-6,11H,7-10,12-13H2,(H,26,29). The first-order valence-electron chi connectivity index (χ1n) is 9.29. The van der Waals surface area contributed by atoms with Gasteiger partial charge in [-0.2, -0.15) is 13.2 Å². The number of alkyl halides is 3. The van der Waals surface area contributed by atoms with E-state index in [1.807, 2.05) is 4.90 Å². The molecule has 0 unspecified atom stereocenters. The number of hydrogen-bond acceptors (Lipinski definition) is 4. The number of amides is 2. The Morgan fingerprint density at radius 2 is 1.80 bits per heavy atom. The highest BCUT2D eigenvalue weighted by Gasteiger charge is 2.33. The highest BCUT2D eigenvalue weighted by Crippen LogP contribution is 2.32. The molecule has 30 heavy (non-hydrogen) atoms. The Hall–Kier alpha value is -3.01. The van der Waals surface area contributed by atoms with Gasteiger partial charge in [-0.3, -0.25) is 19.5 Å². The highest BCUT2D eigenvalue weighted by atomic mass is 19.4. The van der Waals surface area contributed by atoms with Gasteiger partial charge in [0.2, 0.25) is 5.91 Å². The summed E-state index contributed by atoms with van der Waals surface area (Å²) in [6, 6.07) is 7.43. The maximum atomic E-state index is 13.2. The van der Waals surface area contributed by atoms with Crippen LogP contribution in [0.2, 0.25) is 0 Å². The van der Waals surface area contributed by atoms with Crippen LogP contribution in [-0.2, 0) is 17.5 Å². The molecule has 1 aromatic heterocycles. The number of pyridine rings is 1. The van der Waals surface area contributed by atoms with Gasteiger partial charge >= 0.3 is 6.18 Å². The quantitative estimate of drug-likeness (QED) is 0.749. The fourth-order valence-electron chi connectivity index (χ4n) is 3.18. The molecule has 160 valence electrons. The normalized spacial score (nSPS) is 15.1. The third-order valence-corrected chi connectivity index (χ3v) is 4.76. The summed E-state index contributed by atoms with van der Waals surface area (Å²) in [7, 11) is 0. The number of carbonyl (C=O) groups is 2. The lowest BCUT2D eigenvalue weighted by Gasteiger charge is -2.34. The summed E-state index contributed by atoms with van der Waals surface area (Å²) in [4.78, 5) is 32.0. The van der Waals surface area contributed by atoms with Gasteiger partial charge in [-0.15, -0.1) is 0 Å². The molecule has 2 amide bonds. The fraction of sp³-hybridized carbons (Fsp3) is 0.350. The second-order valence-corrected chi connectivity index (χ2v) is 6.86. The van der Waals surface area contributed by atoms with Crippen molar-refractivity contribution < 1.29 is 27.2 Å². The van der Waals surface area contributed by atoms with Gasteiger partial charge in [0, 0.05) is 38.9 Å². The minimum Gasteiger partial charge on any atom is -0.351 e. The van der Waals surface area contributed by atoms with Gasteiger partial charge < -0.3 is 10.2 Å². The third kappa shape index (κ3) is 5.53. The van der Waals surface area contributed by atoms with E-state index in [-0.39, 0.29) is 24.6 Å². The molecular formula is C20H20F4N4O2. The zero-order chi connectivity index (χ0) is 21.7. The van der Waals surface area contributed by atoms with Crippen LogP contribution in [0.3, 0.4) is 0 Å². The van der Waals surface area contributed by atoms with Crippen LogP contribution in [0.4, 0.5) is 17.6 Å². The van der Waals surface area contributed by atoms with Gasteiger partial charge in [-0.25, -0.2) is 4.39 Å². The molecule has 0 bridgehead atoms. The third-order valence-electron chi connectivity index (χ3n) is 4.76. The number of piperazine rings is 1. The molecule has 1 saturated heterocycles. The Labute approximate surface area is 170 Å². The second-order valence-electron chi connectivity index (χ2n) is 6.86. The summed E-state index contributed by atoms with van der Waals surface area (Å²) in [6.45, 7) is 1.38. The molecule has 2 aromatic rings. The van der Waals surface area contributed by atoms with E-state index in [9.17, 15) is 27.2 Å². The van der Waals surface area contributed by atoms with Crippen LogP contribution >= 0.6 is 0 Å². The van der Waals surface area contributed by atoms with Gasteiger partial charge in [-0.05, 0) is 29.8 Å². The summed E-state index contributed by atoms with van der Waals surface area (Å²) in [6.07, 6.45) is -3.17. The summed E-state index contributed by atoms with van der Waals surface area (Å²) in [5.41, 5.74) is -0.962. The van der Waals surface area contributed by atoms with Crippen molar-refractivity contribution in [3.8, 4) is 0 Å². The zero-order valence-corrected chi connectivity index (χ0v) is 16.0. The molecular weight excluding hydrogens is 404 g/mol. The van der Waals surface area contributed by atoms with Crippen molar-refractivity contribution in [2.45, 2.75) is 12.7 Å². The van der Waals surface area contributed by atoms with Crippen LogP contribution in [0.1, 0.15) is 21.6 Å². The van der Waals surface area contributed by atoms with E-state index in [1.54, 1.807) is 29.3 Å². The first-order chi connectivity index (χ1) is 14.2. The Bertz CT molecular complexity index is 897. The van der Waals surface area contributed by atoms with Gasteiger partial charge in [0.15, 0.2) is 0 Å². The van der Waals surface area contributed by atoms with Crippen molar-refractivity contribution in [2.24, 2.45) is 0 Å². The first-order valence-corrected chi connectivity index (χ1v) is 9.29. The minimum absolute atomic E-state index is 0.00579. The number of benzene rings is 1. The van der Waals surface area contributed by atoms with E-state index < -0.39 is 23.5 Å². The number of rotatable bonds is 5. The number of halogens is 4. The van der Waals surface area contributed by atoms with Crippen molar-refractivity contribution in [1.29, 1.82) is 0 Å². The first kappa shape index (κ1) is 21.7.